The van der Waals surface area contributed by atoms with Crippen molar-refractivity contribution in [2.75, 3.05) is 17.7 Å². The highest BCUT2D eigenvalue weighted by Gasteiger charge is 2.31. The zero-order chi connectivity index (χ0) is 21.3. The van der Waals surface area contributed by atoms with Crippen LogP contribution in [0.15, 0.2) is 18.2 Å². The van der Waals surface area contributed by atoms with E-state index in [0.717, 1.165) is 47.9 Å². The SMILES string of the molecule is COC(=O)c1c(NC(=S)Nc2cc(C(F)(F)F)ccc2Cl)sc2c1CCC(C)C2. The van der Waals surface area contributed by atoms with Gasteiger partial charge in [0.05, 0.1) is 28.9 Å². The number of fused-ring (bicyclic) bond motifs is 1. The molecule has 1 heterocycles. The van der Waals surface area contributed by atoms with Crippen LogP contribution in [0.2, 0.25) is 5.02 Å². The van der Waals surface area contributed by atoms with Crippen LogP contribution < -0.4 is 10.6 Å². The molecule has 0 aliphatic heterocycles. The maximum Gasteiger partial charge on any atom is 0.416 e. The van der Waals surface area contributed by atoms with Gasteiger partial charge in [0.25, 0.3) is 0 Å². The van der Waals surface area contributed by atoms with E-state index in [1.165, 1.54) is 18.4 Å². The van der Waals surface area contributed by atoms with E-state index in [4.69, 9.17) is 28.6 Å². The molecule has 1 unspecified atom stereocenters. The minimum atomic E-state index is -4.50. The van der Waals surface area contributed by atoms with E-state index in [1.54, 1.807) is 0 Å². The standard InChI is InChI=1S/C19H18ClF3N2O2S2/c1-9-3-5-11-14(7-9)29-16(15(11)17(26)27-2)25-18(28)24-13-8-10(19(21,22)23)4-6-12(13)20/h4,6,8-9H,3,5,7H2,1-2H3,(H2,24,25,28). The number of halogens is 4. The van der Waals surface area contributed by atoms with Gasteiger partial charge in [-0.3, -0.25) is 0 Å². The van der Waals surface area contributed by atoms with Crippen LogP contribution >= 0.6 is 35.2 Å². The molecule has 0 radical (unpaired) electrons. The molecule has 10 heteroatoms. The van der Waals surface area contributed by atoms with Crippen LogP contribution in [0.25, 0.3) is 0 Å². The molecule has 1 aromatic heterocycles. The summed E-state index contributed by atoms with van der Waals surface area (Å²) in [6.45, 7) is 2.15. The van der Waals surface area contributed by atoms with E-state index >= 15 is 0 Å². The lowest BCUT2D eigenvalue weighted by Gasteiger charge is -2.18. The van der Waals surface area contributed by atoms with Gasteiger partial charge in [-0.15, -0.1) is 11.3 Å². The molecule has 156 valence electrons. The normalized spacial score (nSPS) is 16.1. The van der Waals surface area contributed by atoms with Crippen LogP contribution in [0.4, 0.5) is 23.9 Å². The average molecular weight is 463 g/mol. The van der Waals surface area contributed by atoms with Gasteiger partial charge < -0.3 is 15.4 Å². The molecule has 1 atom stereocenters. The Labute approximate surface area is 180 Å². The number of anilines is 2. The summed E-state index contributed by atoms with van der Waals surface area (Å²) < 4.78 is 43.8. The van der Waals surface area contributed by atoms with Gasteiger partial charge in [0.1, 0.15) is 5.00 Å². The second kappa shape index (κ2) is 8.49. The number of alkyl halides is 3. The molecule has 0 amide bonds. The monoisotopic (exact) mass is 462 g/mol. The third kappa shape index (κ3) is 4.84. The van der Waals surface area contributed by atoms with Gasteiger partial charge in [-0.1, -0.05) is 18.5 Å². The quantitative estimate of drug-likeness (QED) is 0.424. The van der Waals surface area contributed by atoms with Crippen LogP contribution in [0.3, 0.4) is 0 Å². The topological polar surface area (TPSA) is 50.4 Å². The minimum Gasteiger partial charge on any atom is -0.465 e. The molecule has 1 aliphatic rings. The number of nitrogens with one attached hydrogen (secondary N) is 2. The Balaban J connectivity index is 1.86. The molecule has 3 rings (SSSR count). The Morgan fingerprint density at radius 2 is 2.07 bits per heavy atom. The summed E-state index contributed by atoms with van der Waals surface area (Å²) in [5.41, 5.74) is 0.553. The number of hydrogen-bond acceptors (Lipinski definition) is 4. The highest BCUT2D eigenvalue weighted by molar-refractivity contribution is 7.80. The minimum absolute atomic E-state index is 0.0218. The van der Waals surface area contributed by atoms with Crippen molar-refractivity contribution in [2.24, 2.45) is 5.92 Å². The van der Waals surface area contributed by atoms with E-state index in [1.807, 2.05) is 0 Å². The van der Waals surface area contributed by atoms with Crippen molar-refractivity contribution in [3.63, 3.8) is 0 Å². The summed E-state index contributed by atoms with van der Waals surface area (Å²) in [7, 11) is 1.31. The van der Waals surface area contributed by atoms with Gasteiger partial charge in [0, 0.05) is 4.88 Å². The molecule has 2 N–H and O–H groups in total. The predicted molar refractivity (Wildman–Crippen MR) is 113 cm³/mol. The van der Waals surface area contributed by atoms with Gasteiger partial charge in [-0.05, 0) is 61.2 Å². The van der Waals surface area contributed by atoms with E-state index in [2.05, 4.69) is 17.6 Å². The molecule has 0 saturated carbocycles. The molecule has 29 heavy (non-hydrogen) atoms. The molecule has 0 fully saturated rings. The molecule has 0 spiro atoms. The van der Waals surface area contributed by atoms with Gasteiger partial charge in [-0.25, -0.2) is 4.79 Å². The number of carbonyl (C=O) groups is 1. The summed E-state index contributed by atoms with van der Waals surface area (Å²) in [5.74, 6) is 0.0351. The largest absolute Gasteiger partial charge is 0.465 e. The first-order valence-corrected chi connectivity index (χ1v) is 10.4. The van der Waals surface area contributed by atoms with Gasteiger partial charge in [0.15, 0.2) is 5.11 Å². The van der Waals surface area contributed by atoms with E-state index in [0.29, 0.717) is 16.5 Å². The number of benzene rings is 1. The van der Waals surface area contributed by atoms with Crippen LogP contribution in [0.5, 0.6) is 0 Å². The van der Waals surface area contributed by atoms with Crippen LogP contribution in [0.1, 0.15) is 39.7 Å². The van der Waals surface area contributed by atoms with E-state index in [-0.39, 0.29) is 15.8 Å². The Hall–Kier alpha value is -1.84. The lowest BCUT2D eigenvalue weighted by molar-refractivity contribution is -0.137. The lowest BCUT2D eigenvalue weighted by atomic mass is 9.88. The highest BCUT2D eigenvalue weighted by Crippen LogP contribution is 2.40. The number of thiophene rings is 1. The molecule has 1 aliphatic carbocycles. The van der Waals surface area contributed by atoms with Crippen molar-refractivity contribution in [3.8, 4) is 0 Å². The summed E-state index contributed by atoms with van der Waals surface area (Å²) in [5, 5.41) is 6.25. The number of methoxy groups -OCH3 is 1. The Bertz CT molecular complexity index is 960. The third-order valence-electron chi connectivity index (χ3n) is 4.67. The number of hydrogen-bond donors (Lipinski definition) is 2. The molecule has 2 aromatic rings. The fraction of sp³-hybridized carbons (Fsp3) is 0.368. The van der Waals surface area contributed by atoms with Crippen molar-refractivity contribution < 1.29 is 22.7 Å². The van der Waals surface area contributed by atoms with E-state index in [9.17, 15) is 18.0 Å². The first-order valence-electron chi connectivity index (χ1n) is 8.77. The molecule has 4 nitrogen and oxygen atoms in total. The fourth-order valence-electron chi connectivity index (χ4n) is 3.21. The second-order valence-corrected chi connectivity index (χ2v) is 8.74. The number of esters is 1. The Morgan fingerprint density at radius 3 is 2.72 bits per heavy atom. The van der Waals surface area contributed by atoms with Crippen molar-refractivity contribution >= 4 is 56.9 Å². The molecule has 1 aromatic carbocycles. The van der Waals surface area contributed by atoms with Crippen molar-refractivity contribution in [3.05, 3.63) is 44.8 Å². The van der Waals surface area contributed by atoms with Gasteiger partial charge >= 0.3 is 12.1 Å². The number of carbonyl (C=O) groups excluding carboxylic acids is 1. The van der Waals surface area contributed by atoms with Gasteiger partial charge in [0.2, 0.25) is 0 Å². The number of ether oxygens (including phenoxy) is 1. The Morgan fingerprint density at radius 1 is 1.34 bits per heavy atom. The summed E-state index contributed by atoms with van der Waals surface area (Å²) in [6.07, 6.45) is -1.92. The first-order chi connectivity index (χ1) is 13.6. The van der Waals surface area contributed by atoms with Crippen LogP contribution in [-0.2, 0) is 23.8 Å². The smallest absolute Gasteiger partial charge is 0.416 e. The van der Waals surface area contributed by atoms with Crippen molar-refractivity contribution in [2.45, 2.75) is 32.4 Å². The summed E-state index contributed by atoms with van der Waals surface area (Å²) in [6, 6.07) is 2.94. The number of thiocarbonyl (C=S) groups is 1. The Kier molecular flexibility index (Phi) is 6.40. The molecule has 0 saturated heterocycles. The maximum absolute atomic E-state index is 13.0. The lowest BCUT2D eigenvalue weighted by Crippen LogP contribution is -2.21. The molecular formula is C19H18ClF3N2O2S2. The maximum atomic E-state index is 13.0. The molecule has 0 bridgehead atoms. The summed E-state index contributed by atoms with van der Waals surface area (Å²) >= 11 is 12.7. The third-order valence-corrected chi connectivity index (χ3v) is 6.37. The van der Waals surface area contributed by atoms with Crippen molar-refractivity contribution in [1.82, 2.24) is 0 Å². The second-order valence-electron chi connectivity index (χ2n) is 6.82. The first kappa shape index (κ1) is 21.9. The number of rotatable bonds is 3. The highest BCUT2D eigenvalue weighted by atomic mass is 35.5. The van der Waals surface area contributed by atoms with E-state index < -0.39 is 17.7 Å². The van der Waals surface area contributed by atoms with Crippen LogP contribution in [-0.4, -0.2) is 18.2 Å². The van der Waals surface area contributed by atoms with Crippen molar-refractivity contribution in [1.29, 1.82) is 0 Å². The fourth-order valence-corrected chi connectivity index (χ4v) is 5.06. The zero-order valence-corrected chi connectivity index (χ0v) is 18.0. The van der Waals surface area contributed by atoms with Gasteiger partial charge in [-0.2, -0.15) is 13.2 Å². The average Bonchev–Trinajstić information content (AvgIpc) is 2.98. The summed E-state index contributed by atoms with van der Waals surface area (Å²) in [4.78, 5) is 13.4. The molecular weight excluding hydrogens is 445 g/mol. The van der Waals surface area contributed by atoms with Crippen LogP contribution in [0, 0.1) is 5.92 Å². The zero-order valence-electron chi connectivity index (χ0n) is 15.6. The predicted octanol–water partition coefficient (Wildman–Crippen LogP) is 6.14.